The van der Waals surface area contributed by atoms with E-state index >= 15 is 0 Å². The van der Waals surface area contributed by atoms with E-state index in [1.807, 2.05) is 0 Å². The minimum absolute atomic E-state index is 0.0921. The van der Waals surface area contributed by atoms with Crippen molar-refractivity contribution in [3.63, 3.8) is 0 Å². The summed E-state index contributed by atoms with van der Waals surface area (Å²) >= 11 is 0. The van der Waals surface area contributed by atoms with Crippen LogP contribution in [0.4, 0.5) is 10.2 Å². The average Bonchev–Trinajstić information content (AvgIpc) is 2.22. The first-order valence-electron chi connectivity index (χ1n) is 4.23. The molecule has 1 rings (SSSR count). The molecule has 0 saturated carbocycles. The summed E-state index contributed by atoms with van der Waals surface area (Å²) < 4.78 is 16.9. The maximum atomic E-state index is 12.4. The van der Waals surface area contributed by atoms with E-state index in [0.717, 1.165) is 12.3 Å². The molecule has 0 aliphatic rings. The first-order valence-corrected chi connectivity index (χ1v) is 4.23. The molecule has 1 aromatic rings. The number of anilines is 1. The Morgan fingerprint density at radius 3 is 2.80 bits per heavy atom. The fourth-order valence-corrected chi connectivity index (χ4v) is 0.814. The number of aromatic nitrogens is 1. The Morgan fingerprint density at radius 1 is 1.53 bits per heavy atom. The largest absolute Gasteiger partial charge is 0.459 e. The molecule has 0 aliphatic heterocycles. The Labute approximate surface area is 85.3 Å². The number of nitrogens with zero attached hydrogens (tertiary/aromatic N) is 1. The van der Waals surface area contributed by atoms with E-state index in [0.29, 0.717) is 0 Å². The van der Waals surface area contributed by atoms with Gasteiger partial charge in [-0.3, -0.25) is 4.79 Å². The predicted molar refractivity (Wildman–Crippen MR) is 49.5 cm³/mol. The Hall–Kier alpha value is -1.98. The Balaban J connectivity index is 2.58. The van der Waals surface area contributed by atoms with Crippen LogP contribution >= 0.6 is 0 Å². The van der Waals surface area contributed by atoms with Gasteiger partial charge in [0, 0.05) is 0 Å². The van der Waals surface area contributed by atoms with Gasteiger partial charge in [0.1, 0.15) is 11.6 Å². The summed E-state index contributed by atoms with van der Waals surface area (Å²) in [7, 11) is 0. The van der Waals surface area contributed by atoms with E-state index < -0.39 is 17.7 Å². The summed E-state index contributed by atoms with van der Waals surface area (Å²) in [6, 6.07) is 2.36. The lowest BCUT2D eigenvalue weighted by Crippen LogP contribution is -2.25. The molecule has 0 fully saturated rings. The molecule has 5 nitrogen and oxygen atoms in total. The molecule has 80 valence electrons. The van der Waals surface area contributed by atoms with E-state index in [9.17, 15) is 14.0 Å². The van der Waals surface area contributed by atoms with Crippen LogP contribution in [0, 0.1) is 5.82 Å². The molecule has 1 aromatic heterocycles. The van der Waals surface area contributed by atoms with Gasteiger partial charge in [0.25, 0.3) is 0 Å². The van der Waals surface area contributed by atoms with E-state index in [-0.39, 0.29) is 12.4 Å². The van der Waals surface area contributed by atoms with Crippen LogP contribution in [0.1, 0.15) is 6.92 Å². The van der Waals surface area contributed by atoms with Gasteiger partial charge in [-0.25, -0.2) is 14.2 Å². The molecule has 0 spiro atoms. The first-order chi connectivity index (χ1) is 7.13. The van der Waals surface area contributed by atoms with Crippen LogP contribution in [0.3, 0.4) is 0 Å². The third kappa shape index (κ3) is 3.34. The second-order valence-electron chi connectivity index (χ2n) is 2.54. The SMILES string of the molecule is CCOC(=O)C(=O)Nc1ccc(F)cn1. The number of ether oxygens (including phenoxy) is 1. The maximum Gasteiger partial charge on any atom is 0.397 e. The highest BCUT2D eigenvalue weighted by atomic mass is 19.1. The number of carbonyl (C=O) groups excluding carboxylic acids is 2. The molecule has 0 unspecified atom stereocenters. The van der Waals surface area contributed by atoms with Crippen molar-refractivity contribution in [1.29, 1.82) is 0 Å². The number of hydrogen-bond acceptors (Lipinski definition) is 4. The lowest BCUT2D eigenvalue weighted by molar-refractivity contribution is -0.152. The Bertz CT molecular complexity index is 364. The molecular formula is C9H9FN2O3. The lowest BCUT2D eigenvalue weighted by Gasteiger charge is -2.02. The highest BCUT2D eigenvalue weighted by Crippen LogP contribution is 2.03. The quantitative estimate of drug-likeness (QED) is 0.579. The molecule has 0 radical (unpaired) electrons. The summed E-state index contributed by atoms with van der Waals surface area (Å²) in [4.78, 5) is 25.5. The van der Waals surface area contributed by atoms with Gasteiger partial charge in [0.05, 0.1) is 12.8 Å². The van der Waals surface area contributed by atoms with Crippen LogP contribution in [-0.4, -0.2) is 23.5 Å². The Kier molecular flexibility index (Phi) is 3.73. The zero-order valence-corrected chi connectivity index (χ0v) is 7.99. The molecule has 1 heterocycles. The standard InChI is InChI=1S/C9H9FN2O3/c1-2-15-9(14)8(13)12-7-4-3-6(10)5-11-7/h3-5H,2H2,1H3,(H,11,12,13). The monoisotopic (exact) mass is 212 g/mol. The van der Waals surface area contributed by atoms with Crippen molar-refractivity contribution in [3.05, 3.63) is 24.1 Å². The van der Waals surface area contributed by atoms with E-state index in [4.69, 9.17) is 0 Å². The van der Waals surface area contributed by atoms with Crippen LogP contribution in [0.15, 0.2) is 18.3 Å². The van der Waals surface area contributed by atoms with Gasteiger partial charge in [-0.15, -0.1) is 0 Å². The van der Waals surface area contributed by atoms with Gasteiger partial charge < -0.3 is 10.1 Å². The van der Waals surface area contributed by atoms with Crippen LogP contribution in [0.25, 0.3) is 0 Å². The molecule has 1 N–H and O–H groups in total. The van der Waals surface area contributed by atoms with E-state index in [1.165, 1.54) is 6.07 Å². The van der Waals surface area contributed by atoms with Crippen LogP contribution < -0.4 is 5.32 Å². The minimum Gasteiger partial charge on any atom is -0.459 e. The topological polar surface area (TPSA) is 68.3 Å². The summed E-state index contributed by atoms with van der Waals surface area (Å²) in [6.45, 7) is 1.70. The summed E-state index contributed by atoms with van der Waals surface area (Å²) in [5.74, 6) is -2.36. The van der Waals surface area contributed by atoms with Gasteiger partial charge in [0.15, 0.2) is 0 Å². The number of nitrogens with one attached hydrogen (secondary N) is 1. The summed E-state index contributed by atoms with van der Waals surface area (Å²) in [6.07, 6.45) is 0.931. The minimum atomic E-state index is -0.997. The molecule has 0 saturated heterocycles. The third-order valence-corrected chi connectivity index (χ3v) is 1.43. The van der Waals surface area contributed by atoms with Gasteiger partial charge in [-0.05, 0) is 19.1 Å². The van der Waals surface area contributed by atoms with Crippen molar-refractivity contribution >= 4 is 17.7 Å². The molecule has 15 heavy (non-hydrogen) atoms. The third-order valence-electron chi connectivity index (χ3n) is 1.43. The normalized spacial score (nSPS) is 9.47. The zero-order chi connectivity index (χ0) is 11.3. The number of hydrogen-bond donors (Lipinski definition) is 1. The van der Waals surface area contributed by atoms with Crippen molar-refractivity contribution in [1.82, 2.24) is 4.98 Å². The molecule has 1 amide bonds. The fraction of sp³-hybridized carbons (Fsp3) is 0.222. The molecule has 0 aromatic carbocycles. The van der Waals surface area contributed by atoms with Crippen molar-refractivity contribution in [2.24, 2.45) is 0 Å². The number of rotatable bonds is 2. The molecule has 6 heteroatoms. The van der Waals surface area contributed by atoms with Crippen LogP contribution in [-0.2, 0) is 14.3 Å². The second-order valence-corrected chi connectivity index (χ2v) is 2.54. The summed E-state index contributed by atoms with van der Waals surface area (Å²) in [5.41, 5.74) is 0. The van der Waals surface area contributed by atoms with Crippen molar-refractivity contribution in [2.45, 2.75) is 6.92 Å². The Morgan fingerprint density at radius 2 is 2.27 bits per heavy atom. The smallest absolute Gasteiger partial charge is 0.397 e. The maximum absolute atomic E-state index is 12.4. The second kappa shape index (κ2) is 5.04. The molecule has 0 atom stereocenters. The lowest BCUT2D eigenvalue weighted by atomic mass is 10.4. The number of carbonyl (C=O) groups is 2. The first kappa shape index (κ1) is 11.1. The summed E-state index contributed by atoms with van der Waals surface area (Å²) in [5, 5.41) is 2.16. The number of pyridine rings is 1. The number of amides is 1. The van der Waals surface area contributed by atoms with Gasteiger partial charge in [-0.1, -0.05) is 0 Å². The number of halogens is 1. The highest BCUT2D eigenvalue weighted by molar-refractivity contribution is 6.37. The van der Waals surface area contributed by atoms with E-state index in [1.54, 1.807) is 6.92 Å². The number of esters is 1. The fourth-order valence-electron chi connectivity index (χ4n) is 0.814. The van der Waals surface area contributed by atoms with Gasteiger partial charge in [-0.2, -0.15) is 0 Å². The van der Waals surface area contributed by atoms with Gasteiger partial charge in [0.2, 0.25) is 0 Å². The van der Waals surface area contributed by atoms with Crippen molar-refractivity contribution < 1.29 is 18.7 Å². The van der Waals surface area contributed by atoms with Gasteiger partial charge >= 0.3 is 11.9 Å². The van der Waals surface area contributed by atoms with Crippen molar-refractivity contribution in [3.8, 4) is 0 Å². The molecular weight excluding hydrogens is 203 g/mol. The van der Waals surface area contributed by atoms with Crippen LogP contribution in [0.5, 0.6) is 0 Å². The zero-order valence-electron chi connectivity index (χ0n) is 7.99. The molecule has 0 bridgehead atoms. The van der Waals surface area contributed by atoms with E-state index in [2.05, 4.69) is 15.0 Å². The highest BCUT2D eigenvalue weighted by Gasteiger charge is 2.14. The van der Waals surface area contributed by atoms with Crippen molar-refractivity contribution in [2.75, 3.05) is 11.9 Å². The van der Waals surface area contributed by atoms with Crippen LogP contribution in [0.2, 0.25) is 0 Å². The predicted octanol–water partition coefficient (Wildman–Crippen LogP) is 0.722. The average molecular weight is 212 g/mol. The molecule has 0 aliphatic carbocycles.